The molecule has 238 valence electrons. The van der Waals surface area contributed by atoms with Crippen LogP contribution in [-0.4, -0.2) is 4.57 Å². The Morgan fingerprint density at radius 1 is 0.551 bits per heavy atom. The smallest absolute Gasteiger partial charge is 0.125 e. The number of para-hydroxylation sites is 2. The zero-order valence-electron chi connectivity index (χ0n) is 27.4. The maximum absolute atomic E-state index is 15.2. The number of anilines is 3. The largest absolute Gasteiger partial charge is 0.310 e. The van der Waals surface area contributed by atoms with Crippen molar-refractivity contribution in [2.45, 2.75) is 37.5 Å². The van der Waals surface area contributed by atoms with Gasteiger partial charge in [0.05, 0.1) is 16.7 Å². The molecule has 2 nitrogen and oxygen atoms in total. The van der Waals surface area contributed by atoms with Gasteiger partial charge in [-0.15, -0.1) is 0 Å². The number of aromatic nitrogens is 1. The zero-order chi connectivity index (χ0) is 32.3. The Balaban J connectivity index is 1.19. The van der Waals surface area contributed by atoms with E-state index in [1.165, 1.54) is 59.6 Å². The summed E-state index contributed by atoms with van der Waals surface area (Å²) in [5.41, 5.74) is 12.3. The van der Waals surface area contributed by atoms with E-state index in [1.54, 1.807) is 17.7 Å². The lowest BCUT2D eigenvalue weighted by molar-refractivity contribution is -0.0399. The summed E-state index contributed by atoms with van der Waals surface area (Å²) in [7, 11) is 0. The van der Waals surface area contributed by atoms with Crippen molar-refractivity contribution in [1.82, 2.24) is 4.57 Å². The third-order valence-corrected chi connectivity index (χ3v) is 12.8. The molecule has 5 aliphatic rings. The summed E-state index contributed by atoms with van der Waals surface area (Å²) in [6.07, 6.45) is 6.81. The average Bonchev–Trinajstić information content (AvgIpc) is 3.62. The van der Waals surface area contributed by atoms with Crippen molar-refractivity contribution in [3.05, 3.63) is 156 Å². The number of hydrogen-bond acceptors (Lipinski definition) is 1. The molecule has 3 heteroatoms. The molecule has 12 rings (SSSR count). The third kappa shape index (κ3) is 3.76. The molecule has 4 fully saturated rings. The van der Waals surface area contributed by atoms with Crippen molar-refractivity contribution < 1.29 is 4.39 Å². The molecule has 0 saturated heterocycles. The van der Waals surface area contributed by atoms with E-state index in [2.05, 4.69) is 131 Å². The number of fused-ring (bicyclic) bond motifs is 6. The second-order valence-electron chi connectivity index (χ2n) is 15.1. The normalized spacial score (nSPS) is 24.5. The van der Waals surface area contributed by atoms with Crippen molar-refractivity contribution in [3.8, 4) is 16.8 Å². The van der Waals surface area contributed by atoms with Gasteiger partial charge in [0.25, 0.3) is 0 Å². The number of halogens is 1. The fourth-order valence-electron chi connectivity index (χ4n) is 11.4. The highest BCUT2D eigenvalue weighted by molar-refractivity contribution is 6.16. The summed E-state index contributed by atoms with van der Waals surface area (Å²) in [4.78, 5) is 2.32. The standard InChI is InChI=1S/C46H37FN2/c47-33-10-8-13-35(27-33)48(43-18-9-19-44-45(43)39-15-5-7-17-42(39)49(44)34-11-2-1-3-12-34)36-20-21-38-37-14-4-6-16-40(37)46(41(38)28-36)31-23-29-22-30(25-31)26-32(46)24-29/h1-21,27-32H,22-26H2. The van der Waals surface area contributed by atoms with Gasteiger partial charge < -0.3 is 9.47 Å². The molecule has 4 bridgehead atoms. The molecule has 1 aromatic heterocycles. The highest BCUT2D eigenvalue weighted by atomic mass is 19.1. The minimum atomic E-state index is -0.229. The highest BCUT2D eigenvalue weighted by Gasteiger charge is 2.61. The summed E-state index contributed by atoms with van der Waals surface area (Å²) in [5, 5.41) is 2.35. The van der Waals surface area contributed by atoms with E-state index in [9.17, 15) is 0 Å². The molecule has 1 spiro atoms. The molecule has 0 N–H and O–H groups in total. The van der Waals surface area contributed by atoms with Crippen molar-refractivity contribution in [2.24, 2.45) is 23.7 Å². The van der Waals surface area contributed by atoms with Gasteiger partial charge >= 0.3 is 0 Å². The Kier molecular flexibility index (Phi) is 5.77. The lowest BCUT2D eigenvalue weighted by Gasteiger charge is -2.61. The van der Waals surface area contributed by atoms with Crippen molar-refractivity contribution >= 4 is 38.9 Å². The van der Waals surface area contributed by atoms with E-state index in [-0.39, 0.29) is 11.2 Å². The van der Waals surface area contributed by atoms with Crippen LogP contribution in [0.3, 0.4) is 0 Å². The molecule has 49 heavy (non-hydrogen) atoms. The van der Waals surface area contributed by atoms with Crippen LogP contribution in [0.4, 0.5) is 21.5 Å². The average molecular weight is 637 g/mol. The maximum Gasteiger partial charge on any atom is 0.125 e. The molecule has 0 aliphatic heterocycles. The van der Waals surface area contributed by atoms with Gasteiger partial charge in [0.2, 0.25) is 0 Å². The molecule has 6 aromatic carbocycles. The van der Waals surface area contributed by atoms with Crippen LogP contribution >= 0.6 is 0 Å². The van der Waals surface area contributed by atoms with Gasteiger partial charge in [0.15, 0.2) is 0 Å². The highest BCUT2D eigenvalue weighted by Crippen LogP contribution is 2.69. The second kappa shape index (κ2) is 10.2. The van der Waals surface area contributed by atoms with E-state index in [0.717, 1.165) is 45.6 Å². The van der Waals surface area contributed by atoms with Crippen molar-refractivity contribution in [1.29, 1.82) is 0 Å². The van der Waals surface area contributed by atoms with Crippen molar-refractivity contribution in [2.75, 3.05) is 4.90 Å². The van der Waals surface area contributed by atoms with E-state index in [4.69, 9.17) is 0 Å². The first-order valence-electron chi connectivity index (χ1n) is 18.1. The van der Waals surface area contributed by atoms with Gasteiger partial charge in [-0.05, 0) is 139 Å². The van der Waals surface area contributed by atoms with Gasteiger partial charge in [0, 0.05) is 33.2 Å². The van der Waals surface area contributed by atoms with Crippen LogP contribution in [0.2, 0.25) is 0 Å². The van der Waals surface area contributed by atoms with E-state index in [0.29, 0.717) is 11.8 Å². The predicted octanol–water partition coefficient (Wildman–Crippen LogP) is 12.1. The van der Waals surface area contributed by atoms with Crippen LogP contribution in [0.1, 0.15) is 43.2 Å². The topological polar surface area (TPSA) is 8.17 Å². The van der Waals surface area contributed by atoms with E-state index in [1.807, 2.05) is 6.07 Å². The first-order chi connectivity index (χ1) is 24.2. The van der Waals surface area contributed by atoms with Crippen LogP contribution in [0.5, 0.6) is 0 Å². The Hall–Kier alpha value is -5.15. The fourth-order valence-corrected chi connectivity index (χ4v) is 11.4. The summed E-state index contributed by atoms with van der Waals surface area (Å²) in [5.74, 6) is 2.90. The Bertz CT molecular complexity index is 2410. The van der Waals surface area contributed by atoms with Crippen LogP contribution in [0, 0.1) is 29.5 Å². The molecular formula is C46H37FN2. The molecule has 0 amide bonds. The van der Waals surface area contributed by atoms with Crippen LogP contribution in [-0.2, 0) is 5.41 Å². The number of nitrogens with zero attached hydrogens (tertiary/aromatic N) is 2. The Labute approximate surface area is 286 Å². The summed E-state index contributed by atoms with van der Waals surface area (Å²) in [6.45, 7) is 0. The monoisotopic (exact) mass is 636 g/mol. The van der Waals surface area contributed by atoms with Gasteiger partial charge in [-0.3, -0.25) is 0 Å². The minimum absolute atomic E-state index is 0.0539. The maximum atomic E-state index is 15.2. The number of rotatable bonds is 4. The van der Waals surface area contributed by atoms with Gasteiger partial charge in [0.1, 0.15) is 5.82 Å². The lowest BCUT2D eigenvalue weighted by Crippen LogP contribution is -2.55. The second-order valence-corrected chi connectivity index (χ2v) is 15.1. The number of hydrogen-bond donors (Lipinski definition) is 0. The molecule has 5 aliphatic carbocycles. The van der Waals surface area contributed by atoms with Crippen molar-refractivity contribution in [3.63, 3.8) is 0 Å². The predicted molar refractivity (Wildman–Crippen MR) is 199 cm³/mol. The Morgan fingerprint density at radius 3 is 2.04 bits per heavy atom. The zero-order valence-corrected chi connectivity index (χ0v) is 27.4. The number of benzene rings is 6. The first-order valence-corrected chi connectivity index (χ1v) is 18.1. The van der Waals surface area contributed by atoms with E-state index < -0.39 is 0 Å². The van der Waals surface area contributed by atoms with Gasteiger partial charge in [-0.25, -0.2) is 4.39 Å². The SMILES string of the molecule is Fc1cccc(N(c2ccc3c(c2)C2(c4ccccc4-3)C3CC4CC(C3)CC2C4)c2cccc3c2c2ccccc2n3-c2ccccc2)c1. The lowest BCUT2D eigenvalue weighted by atomic mass is 9.43. The molecule has 0 atom stereocenters. The molecule has 7 aromatic rings. The van der Waals surface area contributed by atoms with Gasteiger partial charge in [-0.2, -0.15) is 0 Å². The molecular weight excluding hydrogens is 600 g/mol. The molecule has 1 heterocycles. The summed E-state index contributed by atoms with van der Waals surface area (Å²) < 4.78 is 17.6. The molecule has 0 radical (unpaired) electrons. The van der Waals surface area contributed by atoms with Crippen LogP contribution in [0.15, 0.2) is 140 Å². The molecule has 4 saturated carbocycles. The van der Waals surface area contributed by atoms with Gasteiger partial charge in [-0.1, -0.05) is 78.9 Å². The molecule has 0 unspecified atom stereocenters. The minimum Gasteiger partial charge on any atom is -0.310 e. The fraction of sp³-hybridized carbons (Fsp3) is 0.217. The quantitative estimate of drug-likeness (QED) is 0.187. The van der Waals surface area contributed by atoms with Crippen LogP contribution < -0.4 is 4.90 Å². The first kappa shape index (κ1) is 27.8. The Morgan fingerprint density at radius 2 is 1.22 bits per heavy atom. The summed E-state index contributed by atoms with van der Waals surface area (Å²) in [6, 6.07) is 49.5. The summed E-state index contributed by atoms with van der Waals surface area (Å²) >= 11 is 0. The van der Waals surface area contributed by atoms with E-state index >= 15 is 4.39 Å². The third-order valence-electron chi connectivity index (χ3n) is 12.8. The van der Waals surface area contributed by atoms with Crippen LogP contribution in [0.25, 0.3) is 38.6 Å².